The topological polar surface area (TPSA) is 58.6 Å². The van der Waals surface area contributed by atoms with E-state index in [4.69, 9.17) is 16.3 Å². The Balaban J connectivity index is 1.70. The van der Waals surface area contributed by atoms with Gasteiger partial charge < -0.3 is 10.1 Å². The number of halogens is 1. The molecule has 0 aliphatic carbocycles. The number of nitrogens with zero attached hydrogens (tertiary/aromatic N) is 1. The second-order valence-electron chi connectivity index (χ2n) is 8.02. The molecule has 0 spiro atoms. The Kier molecular flexibility index (Phi) is 6.52. The standard InChI is InChI=1S/C27H25ClN2O3/c1-17-9-10-20(15-18(17)2)24-25(29-21-11-12-23(33-3)22(28)16-21)27(32)30(26(24)31)14-13-19-7-5-4-6-8-19/h4-12,15-16,29H,13-14H2,1-3H3. The normalized spacial score (nSPS) is 13.6. The van der Waals surface area contributed by atoms with Crippen molar-refractivity contribution >= 4 is 34.7 Å². The summed E-state index contributed by atoms with van der Waals surface area (Å²) >= 11 is 6.27. The van der Waals surface area contributed by atoms with Crippen LogP contribution in [0.5, 0.6) is 5.75 Å². The van der Waals surface area contributed by atoms with Crippen LogP contribution in [0.4, 0.5) is 5.69 Å². The predicted molar refractivity (Wildman–Crippen MR) is 131 cm³/mol. The molecule has 4 rings (SSSR count). The van der Waals surface area contributed by atoms with Crippen LogP contribution in [0.25, 0.3) is 5.57 Å². The lowest BCUT2D eigenvalue weighted by Gasteiger charge is -2.15. The van der Waals surface area contributed by atoms with Crippen molar-refractivity contribution in [1.82, 2.24) is 4.90 Å². The number of anilines is 1. The summed E-state index contributed by atoms with van der Waals surface area (Å²) in [6.07, 6.45) is 0.584. The van der Waals surface area contributed by atoms with Crippen molar-refractivity contribution in [3.05, 3.63) is 99.7 Å². The van der Waals surface area contributed by atoms with Crippen molar-refractivity contribution in [2.45, 2.75) is 20.3 Å². The lowest BCUT2D eigenvalue weighted by atomic mass is 9.99. The quantitative estimate of drug-likeness (QED) is 0.479. The van der Waals surface area contributed by atoms with Crippen molar-refractivity contribution in [2.75, 3.05) is 19.0 Å². The predicted octanol–water partition coefficient (Wildman–Crippen LogP) is 5.40. The summed E-state index contributed by atoms with van der Waals surface area (Å²) in [4.78, 5) is 28.2. The first kappa shape index (κ1) is 22.6. The van der Waals surface area contributed by atoms with Crippen LogP contribution >= 0.6 is 11.6 Å². The molecule has 1 aliphatic rings. The van der Waals surface area contributed by atoms with Crippen molar-refractivity contribution in [1.29, 1.82) is 0 Å². The molecule has 0 unspecified atom stereocenters. The molecular weight excluding hydrogens is 436 g/mol. The lowest BCUT2D eigenvalue weighted by Crippen LogP contribution is -2.34. The molecule has 0 saturated carbocycles. The van der Waals surface area contributed by atoms with E-state index >= 15 is 0 Å². The molecule has 3 aromatic rings. The number of imide groups is 1. The number of aryl methyl sites for hydroxylation is 2. The minimum atomic E-state index is -0.351. The number of hydrogen-bond acceptors (Lipinski definition) is 4. The molecule has 0 radical (unpaired) electrons. The largest absolute Gasteiger partial charge is 0.495 e. The Morgan fingerprint density at radius 2 is 1.67 bits per heavy atom. The van der Waals surface area contributed by atoms with E-state index in [-0.39, 0.29) is 17.5 Å². The highest BCUT2D eigenvalue weighted by Gasteiger charge is 2.39. The van der Waals surface area contributed by atoms with Crippen molar-refractivity contribution in [3.8, 4) is 5.75 Å². The molecule has 33 heavy (non-hydrogen) atoms. The molecule has 0 atom stereocenters. The molecule has 1 aliphatic heterocycles. The van der Waals surface area contributed by atoms with Gasteiger partial charge in [-0.25, -0.2) is 0 Å². The molecule has 0 bridgehead atoms. The van der Waals surface area contributed by atoms with E-state index < -0.39 is 0 Å². The van der Waals surface area contributed by atoms with E-state index in [2.05, 4.69) is 5.32 Å². The summed E-state index contributed by atoms with van der Waals surface area (Å²) in [5.41, 5.74) is 5.15. The van der Waals surface area contributed by atoms with E-state index in [1.54, 1.807) is 25.3 Å². The molecular formula is C27H25ClN2O3. The Morgan fingerprint density at radius 3 is 2.33 bits per heavy atom. The van der Waals surface area contributed by atoms with Gasteiger partial charge >= 0.3 is 0 Å². The molecule has 3 aromatic carbocycles. The van der Waals surface area contributed by atoms with Crippen molar-refractivity contribution < 1.29 is 14.3 Å². The van der Waals surface area contributed by atoms with Gasteiger partial charge in [0, 0.05) is 12.2 Å². The molecule has 0 aromatic heterocycles. The van der Waals surface area contributed by atoms with Gasteiger partial charge in [-0.1, -0.05) is 60.1 Å². The summed E-state index contributed by atoms with van der Waals surface area (Å²) < 4.78 is 5.21. The summed E-state index contributed by atoms with van der Waals surface area (Å²) in [6.45, 7) is 4.30. The van der Waals surface area contributed by atoms with Crippen molar-refractivity contribution in [3.63, 3.8) is 0 Å². The molecule has 168 valence electrons. The fourth-order valence-electron chi connectivity index (χ4n) is 3.83. The Hall–Kier alpha value is -3.57. The Bertz CT molecular complexity index is 1250. The highest BCUT2D eigenvalue weighted by molar-refractivity contribution is 6.36. The number of benzene rings is 3. The van der Waals surface area contributed by atoms with Gasteiger partial charge in [0.05, 0.1) is 17.7 Å². The van der Waals surface area contributed by atoms with Gasteiger partial charge in [0.25, 0.3) is 11.8 Å². The average molecular weight is 461 g/mol. The van der Waals surface area contributed by atoms with Crippen LogP contribution in [0, 0.1) is 13.8 Å². The maximum absolute atomic E-state index is 13.5. The third kappa shape index (κ3) is 4.64. The average Bonchev–Trinajstić information content (AvgIpc) is 3.04. The second-order valence-corrected chi connectivity index (χ2v) is 8.43. The number of carbonyl (C=O) groups excluding carboxylic acids is 2. The zero-order chi connectivity index (χ0) is 23.5. The first-order chi connectivity index (χ1) is 15.9. The van der Waals surface area contributed by atoms with Gasteiger partial charge in [0.15, 0.2) is 0 Å². The van der Waals surface area contributed by atoms with Crippen LogP contribution in [-0.4, -0.2) is 30.4 Å². The SMILES string of the molecule is COc1ccc(NC2=C(c3ccc(C)c(C)c3)C(=O)N(CCc3ccccc3)C2=O)cc1Cl. The third-order valence-corrected chi connectivity index (χ3v) is 6.15. The minimum absolute atomic E-state index is 0.248. The van der Waals surface area contributed by atoms with Gasteiger partial charge in [0.2, 0.25) is 0 Å². The van der Waals surface area contributed by atoms with Crippen LogP contribution in [-0.2, 0) is 16.0 Å². The molecule has 2 amide bonds. The van der Waals surface area contributed by atoms with Crippen molar-refractivity contribution in [2.24, 2.45) is 0 Å². The van der Waals surface area contributed by atoms with E-state index in [1.807, 2.05) is 62.4 Å². The first-order valence-electron chi connectivity index (χ1n) is 10.7. The summed E-state index contributed by atoms with van der Waals surface area (Å²) in [7, 11) is 1.54. The molecule has 1 heterocycles. The van der Waals surface area contributed by atoms with E-state index in [9.17, 15) is 9.59 Å². The maximum Gasteiger partial charge on any atom is 0.278 e. The van der Waals surface area contributed by atoms with Gasteiger partial charge in [-0.2, -0.15) is 0 Å². The fraction of sp³-hybridized carbons (Fsp3) is 0.185. The molecule has 0 saturated heterocycles. The first-order valence-corrected chi connectivity index (χ1v) is 11.1. The minimum Gasteiger partial charge on any atom is -0.495 e. The van der Waals surface area contributed by atoms with Gasteiger partial charge in [-0.05, 0) is 60.7 Å². The molecule has 6 heteroatoms. The fourth-order valence-corrected chi connectivity index (χ4v) is 4.09. The zero-order valence-electron chi connectivity index (χ0n) is 18.8. The van der Waals surface area contributed by atoms with Gasteiger partial charge in [-0.3, -0.25) is 14.5 Å². The maximum atomic E-state index is 13.5. The van der Waals surface area contributed by atoms with E-state index in [1.165, 1.54) is 4.90 Å². The molecule has 5 nitrogen and oxygen atoms in total. The highest BCUT2D eigenvalue weighted by Crippen LogP contribution is 2.33. The smallest absolute Gasteiger partial charge is 0.278 e. The number of rotatable bonds is 7. The summed E-state index contributed by atoms with van der Waals surface area (Å²) in [5, 5.41) is 3.56. The Labute approximate surface area is 198 Å². The van der Waals surface area contributed by atoms with Gasteiger partial charge in [0.1, 0.15) is 11.4 Å². The number of carbonyl (C=O) groups is 2. The van der Waals surface area contributed by atoms with Gasteiger partial charge in [-0.15, -0.1) is 0 Å². The number of amides is 2. The highest BCUT2D eigenvalue weighted by atomic mass is 35.5. The van der Waals surface area contributed by atoms with E-state index in [0.29, 0.717) is 40.6 Å². The zero-order valence-corrected chi connectivity index (χ0v) is 19.6. The number of hydrogen-bond donors (Lipinski definition) is 1. The summed E-state index contributed by atoms with van der Waals surface area (Å²) in [5.74, 6) is -0.124. The van der Waals surface area contributed by atoms with E-state index in [0.717, 1.165) is 16.7 Å². The lowest BCUT2D eigenvalue weighted by molar-refractivity contribution is -0.136. The van der Waals surface area contributed by atoms with Crippen LogP contribution in [0.2, 0.25) is 5.02 Å². The number of methoxy groups -OCH3 is 1. The second kappa shape index (κ2) is 9.51. The van der Waals surface area contributed by atoms with Crippen LogP contribution in [0.1, 0.15) is 22.3 Å². The number of ether oxygens (including phenoxy) is 1. The summed E-state index contributed by atoms with van der Waals surface area (Å²) in [6, 6.07) is 20.8. The van der Waals surface area contributed by atoms with Crippen LogP contribution in [0.3, 0.4) is 0 Å². The monoisotopic (exact) mass is 460 g/mol. The molecule has 0 fully saturated rings. The van der Waals surface area contributed by atoms with Crippen LogP contribution < -0.4 is 10.1 Å². The molecule has 1 N–H and O–H groups in total. The number of nitrogens with one attached hydrogen (secondary N) is 1. The van der Waals surface area contributed by atoms with Crippen LogP contribution in [0.15, 0.2) is 72.4 Å². The Morgan fingerprint density at radius 1 is 0.909 bits per heavy atom. The third-order valence-electron chi connectivity index (χ3n) is 5.85.